The fourth-order valence-corrected chi connectivity index (χ4v) is 4.26. The van der Waals surface area contributed by atoms with E-state index in [1.807, 2.05) is 0 Å². The van der Waals surface area contributed by atoms with Crippen molar-refractivity contribution in [2.45, 2.75) is 12.5 Å². The van der Waals surface area contributed by atoms with Crippen molar-refractivity contribution in [1.29, 1.82) is 0 Å². The van der Waals surface area contributed by atoms with Gasteiger partial charge in [-0.05, 0) is 36.5 Å². The molecule has 4 aromatic rings. The molecule has 2 aromatic carbocycles. The lowest BCUT2D eigenvalue weighted by atomic mass is 9.95. The summed E-state index contributed by atoms with van der Waals surface area (Å²) in [6.07, 6.45) is 1.59. The van der Waals surface area contributed by atoms with Crippen molar-refractivity contribution >= 4 is 44.9 Å². The number of aryl methyl sites for hydroxylation is 1. The van der Waals surface area contributed by atoms with E-state index in [0.29, 0.717) is 33.1 Å². The van der Waals surface area contributed by atoms with Crippen LogP contribution in [0.3, 0.4) is 0 Å². The van der Waals surface area contributed by atoms with Crippen LogP contribution in [0.25, 0.3) is 21.9 Å². The van der Waals surface area contributed by atoms with Crippen LogP contribution in [-0.4, -0.2) is 20.5 Å². The fraction of sp³-hybridized carbons (Fsp3) is 0.130. The van der Waals surface area contributed by atoms with Crippen LogP contribution in [0.5, 0.6) is 5.75 Å². The highest BCUT2D eigenvalue weighted by atomic mass is 32.1. The molecule has 3 heterocycles. The van der Waals surface area contributed by atoms with Gasteiger partial charge in [-0.15, -0.1) is 0 Å². The Balaban J connectivity index is 1.65. The van der Waals surface area contributed by atoms with Gasteiger partial charge in [-0.2, -0.15) is 0 Å². The molecule has 1 aliphatic rings. The van der Waals surface area contributed by atoms with Gasteiger partial charge in [0.1, 0.15) is 23.2 Å². The normalized spacial score (nSPS) is 16.4. The Bertz CT molecular complexity index is 1530. The molecule has 8 heteroatoms. The zero-order valence-corrected chi connectivity index (χ0v) is 17.3. The maximum atomic E-state index is 13.1. The summed E-state index contributed by atoms with van der Waals surface area (Å²) in [5, 5.41) is 15.1. The minimum absolute atomic E-state index is 0.0835. The van der Waals surface area contributed by atoms with E-state index in [2.05, 4.69) is 10.3 Å². The number of nitrogens with one attached hydrogen (secondary N) is 1. The van der Waals surface area contributed by atoms with Crippen LogP contribution in [0.4, 0.5) is 0 Å². The molecule has 154 valence electrons. The van der Waals surface area contributed by atoms with Crippen molar-refractivity contribution in [1.82, 2.24) is 9.88 Å². The largest absolute Gasteiger partial charge is 0.506 e. The number of benzene rings is 2. The maximum absolute atomic E-state index is 13.1. The van der Waals surface area contributed by atoms with Gasteiger partial charge in [0, 0.05) is 18.9 Å². The van der Waals surface area contributed by atoms with Crippen molar-refractivity contribution in [2.75, 3.05) is 0 Å². The molecule has 31 heavy (non-hydrogen) atoms. The van der Waals surface area contributed by atoms with E-state index < -0.39 is 6.04 Å². The third-order valence-corrected chi connectivity index (χ3v) is 5.79. The number of rotatable bonds is 2. The second-order valence-electron chi connectivity index (χ2n) is 7.39. The van der Waals surface area contributed by atoms with E-state index in [1.165, 1.54) is 10.8 Å². The zero-order chi connectivity index (χ0) is 21.7. The average Bonchev–Trinajstić information content (AvgIpc) is 2.78. The van der Waals surface area contributed by atoms with Crippen LogP contribution < -0.4 is 16.3 Å². The Morgan fingerprint density at radius 2 is 1.84 bits per heavy atom. The van der Waals surface area contributed by atoms with Gasteiger partial charge < -0.3 is 19.4 Å². The summed E-state index contributed by atoms with van der Waals surface area (Å²) < 4.78 is 7.11. The summed E-state index contributed by atoms with van der Waals surface area (Å²) in [6.45, 7) is 0. The zero-order valence-electron chi connectivity index (χ0n) is 16.5. The second-order valence-corrected chi connectivity index (χ2v) is 7.77. The molecule has 0 radical (unpaired) electrons. The van der Waals surface area contributed by atoms with Crippen LogP contribution in [0.1, 0.15) is 23.6 Å². The van der Waals surface area contributed by atoms with E-state index in [1.54, 1.807) is 55.6 Å². The Kier molecular flexibility index (Phi) is 4.44. The third kappa shape index (κ3) is 3.03. The van der Waals surface area contributed by atoms with Gasteiger partial charge in [0.2, 0.25) is 0 Å². The summed E-state index contributed by atoms with van der Waals surface area (Å²) in [5.74, 6) is -0.147. The quantitative estimate of drug-likeness (QED) is 0.473. The van der Waals surface area contributed by atoms with Gasteiger partial charge in [0.15, 0.2) is 10.5 Å². The number of aliphatic imine (C=N–C) groups is 1. The van der Waals surface area contributed by atoms with Gasteiger partial charge in [-0.1, -0.05) is 24.3 Å². The molecule has 0 saturated carbocycles. The first kappa shape index (κ1) is 19.2. The summed E-state index contributed by atoms with van der Waals surface area (Å²) in [7, 11) is 1.64. The highest BCUT2D eigenvalue weighted by Crippen LogP contribution is 2.30. The second kappa shape index (κ2) is 7.17. The monoisotopic (exact) mass is 431 g/mol. The highest BCUT2D eigenvalue weighted by Gasteiger charge is 2.29. The van der Waals surface area contributed by atoms with Crippen molar-refractivity contribution in [3.63, 3.8) is 0 Å². The molecule has 0 saturated heterocycles. The maximum Gasteiger partial charge on any atom is 0.263 e. The van der Waals surface area contributed by atoms with Crippen LogP contribution in [0.2, 0.25) is 0 Å². The molecule has 1 unspecified atom stereocenters. The SMILES string of the molecule is Cn1c(=O)c(C2=NC(=S)NC(c3coc4ccccc4c3=O)C2)c(O)c2ccccc21. The summed E-state index contributed by atoms with van der Waals surface area (Å²) >= 11 is 5.29. The van der Waals surface area contributed by atoms with Gasteiger partial charge in [-0.25, -0.2) is 4.99 Å². The van der Waals surface area contributed by atoms with Crippen LogP contribution in [0.15, 0.2) is 73.8 Å². The van der Waals surface area contributed by atoms with E-state index in [4.69, 9.17) is 16.6 Å². The van der Waals surface area contributed by atoms with Gasteiger partial charge in [0.05, 0.1) is 28.2 Å². The Morgan fingerprint density at radius 3 is 2.65 bits per heavy atom. The average molecular weight is 431 g/mol. The predicted octanol–water partition coefficient (Wildman–Crippen LogP) is 3.16. The van der Waals surface area contributed by atoms with E-state index in [-0.39, 0.29) is 33.8 Å². The number of nitrogens with zero attached hydrogens (tertiary/aromatic N) is 2. The lowest BCUT2D eigenvalue weighted by Crippen LogP contribution is -2.38. The molecule has 2 aromatic heterocycles. The third-order valence-electron chi connectivity index (χ3n) is 5.58. The minimum atomic E-state index is -0.545. The number of thiocarbonyl (C=S) groups is 1. The summed E-state index contributed by atoms with van der Waals surface area (Å²) in [6, 6.07) is 13.5. The number of para-hydroxylation sites is 2. The van der Waals surface area contributed by atoms with E-state index in [0.717, 1.165) is 0 Å². The molecule has 0 amide bonds. The lowest BCUT2D eigenvalue weighted by molar-refractivity contribution is 0.477. The van der Waals surface area contributed by atoms with Crippen LogP contribution in [0, 0.1) is 0 Å². The van der Waals surface area contributed by atoms with Crippen molar-refractivity contribution in [2.24, 2.45) is 12.0 Å². The topological polar surface area (TPSA) is 96.8 Å². The number of fused-ring (bicyclic) bond motifs is 2. The molecule has 0 aliphatic carbocycles. The molecule has 1 atom stereocenters. The van der Waals surface area contributed by atoms with E-state index in [9.17, 15) is 14.7 Å². The van der Waals surface area contributed by atoms with Crippen molar-refractivity contribution in [3.05, 3.63) is 86.5 Å². The molecule has 1 aliphatic heterocycles. The molecular weight excluding hydrogens is 414 g/mol. The Hall–Kier alpha value is -3.78. The summed E-state index contributed by atoms with van der Waals surface area (Å²) in [4.78, 5) is 30.4. The van der Waals surface area contributed by atoms with Gasteiger partial charge >= 0.3 is 0 Å². The number of hydrogen-bond donors (Lipinski definition) is 2. The van der Waals surface area contributed by atoms with Gasteiger partial charge in [0.25, 0.3) is 5.56 Å². The Morgan fingerprint density at radius 1 is 1.13 bits per heavy atom. The number of pyridine rings is 1. The molecule has 0 bridgehead atoms. The smallest absolute Gasteiger partial charge is 0.263 e. The minimum Gasteiger partial charge on any atom is -0.506 e. The van der Waals surface area contributed by atoms with E-state index >= 15 is 0 Å². The predicted molar refractivity (Wildman–Crippen MR) is 123 cm³/mol. The summed E-state index contributed by atoms with van der Waals surface area (Å²) in [5.41, 5.74) is 1.32. The van der Waals surface area contributed by atoms with Crippen LogP contribution in [-0.2, 0) is 7.05 Å². The van der Waals surface area contributed by atoms with Crippen molar-refractivity contribution in [3.8, 4) is 5.75 Å². The van der Waals surface area contributed by atoms with Gasteiger partial charge in [-0.3, -0.25) is 9.59 Å². The first-order valence-corrected chi connectivity index (χ1v) is 10.1. The first-order valence-electron chi connectivity index (χ1n) is 9.65. The Labute approximate surface area is 181 Å². The number of aromatic hydroxyl groups is 1. The molecule has 0 spiro atoms. The first-order chi connectivity index (χ1) is 15.0. The fourth-order valence-electron chi connectivity index (χ4n) is 4.01. The number of aromatic nitrogens is 1. The molecular formula is C23H17N3O4S. The molecule has 0 fully saturated rings. The molecule has 2 N–H and O–H groups in total. The highest BCUT2D eigenvalue weighted by molar-refractivity contribution is 7.80. The van der Waals surface area contributed by atoms with Crippen LogP contribution >= 0.6 is 12.2 Å². The standard InChI is InChI=1S/C23H17N3O4S/c1-26-17-8-4-2-6-12(17)21(28)19(22(26)29)16-10-15(24-23(31)25-16)14-11-30-18-9-5-3-7-13(18)20(14)27/h2-9,11,15,28H,10H2,1H3,(H,24,31). The van der Waals surface area contributed by atoms with Crippen molar-refractivity contribution < 1.29 is 9.52 Å². The lowest BCUT2D eigenvalue weighted by Gasteiger charge is -2.25. The molecule has 5 rings (SSSR count). The number of hydrogen-bond acceptors (Lipinski definition) is 5. The molecule has 7 nitrogen and oxygen atoms in total.